The molecule has 0 unspecified atom stereocenters. The van der Waals surface area contributed by atoms with Gasteiger partial charge in [-0.2, -0.15) is 12.6 Å². The Morgan fingerprint density at radius 3 is 2.29 bits per heavy atom. The zero-order valence-corrected chi connectivity index (χ0v) is 14.4. The lowest BCUT2D eigenvalue weighted by molar-refractivity contribution is -0.385. The quantitative estimate of drug-likeness (QED) is 0.288. The van der Waals surface area contributed by atoms with Crippen LogP contribution in [0.4, 0.5) is 5.69 Å². The molecule has 1 rings (SSSR count). The third-order valence-electron chi connectivity index (χ3n) is 3.30. The summed E-state index contributed by atoms with van der Waals surface area (Å²) in [5.74, 6) is 0.949. The molecule has 1 aromatic rings. The summed E-state index contributed by atoms with van der Waals surface area (Å²) in [5, 5.41) is 10.8. The average Bonchev–Trinajstić information content (AvgIpc) is 2.45. The molecule has 0 aromatic carbocycles. The zero-order valence-electron chi connectivity index (χ0n) is 12.0. The van der Waals surface area contributed by atoms with Crippen molar-refractivity contribution in [1.82, 2.24) is 4.57 Å². The first-order valence-electron chi connectivity index (χ1n) is 7.21. The number of nitro groups is 1. The molecule has 0 bridgehead atoms. The summed E-state index contributed by atoms with van der Waals surface area (Å²) in [7, 11) is 0. The molecule has 0 aliphatic rings. The van der Waals surface area contributed by atoms with Crippen LogP contribution < -0.4 is 5.56 Å². The highest BCUT2D eigenvalue weighted by atomic mass is 79.9. The molecule has 0 radical (unpaired) electrons. The smallest absolute Gasteiger partial charge is 0.286 e. The van der Waals surface area contributed by atoms with Crippen molar-refractivity contribution in [2.24, 2.45) is 0 Å². The number of rotatable bonds is 10. The molecular weight excluding hydrogens is 356 g/mol. The standard InChI is InChI=1S/C14H21BrN2O3S/c15-13-10-12(17(19)20)11-16(14(13)18)8-6-4-2-1-3-5-7-9-21/h10-11,21H,1-9H2. The van der Waals surface area contributed by atoms with E-state index in [1.54, 1.807) is 0 Å². The Kier molecular flexibility index (Phi) is 8.68. The van der Waals surface area contributed by atoms with Crippen LogP contribution in [0.2, 0.25) is 0 Å². The molecule has 21 heavy (non-hydrogen) atoms. The van der Waals surface area contributed by atoms with E-state index in [0.29, 0.717) is 6.54 Å². The monoisotopic (exact) mass is 376 g/mol. The molecule has 0 amide bonds. The molecule has 0 saturated carbocycles. The van der Waals surface area contributed by atoms with E-state index in [1.807, 2.05) is 0 Å². The number of nitrogens with zero attached hydrogens (tertiary/aromatic N) is 2. The highest BCUT2D eigenvalue weighted by molar-refractivity contribution is 9.10. The number of unbranched alkanes of at least 4 members (excludes halogenated alkanes) is 6. The maximum absolute atomic E-state index is 11.9. The van der Waals surface area contributed by atoms with Crippen LogP contribution in [0.5, 0.6) is 0 Å². The van der Waals surface area contributed by atoms with E-state index in [0.717, 1.165) is 25.0 Å². The van der Waals surface area contributed by atoms with Crippen LogP contribution in [-0.4, -0.2) is 15.2 Å². The summed E-state index contributed by atoms with van der Waals surface area (Å²) < 4.78 is 1.66. The molecule has 0 fully saturated rings. The lowest BCUT2D eigenvalue weighted by atomic mass is 10.1. The molecular formula is C14H21BrN2O3S. The molecule has 0 aliphatic heterocycles. The first-order valence-corrected chi connectivity index (χ1v) is 8.64. The second-order valence-corrected chi connectivity index (χ2v) is 6.30. The van der Waals surface area contributed by atoms with E-state index >= 15 is 0 Å². The first kappa shape index (κ1) is 18.2. The average molecular weight is 377 g/mol. The predicted molar refractivity (Wildman–Crippen MR) is 91.2 cm³/mol. The van der Waals surface area contributed by atoms with E-state index < -0.39 is 4.92 Å². The van der Waals surface area contributed by atoms with Gasteiger partial charge in [0.25, 0.3) is 11.2 Å². The Morgan fingerprint density at radius 2 is 1.71 bits per heavy atom. The molecule has 0 atom stereocenters. The fourth-order valence-corrected chi connectivity index (χ4v) is 2.81. The maximum atomic E-state index is 11.9. The van der Waals surface area contributed by atoms with Gasteiger partial charge in [0, 0.05) is 12.6 Å². The Balaban J connectivity index is 2.38. The van der Waals surface area contributed by atoms with E-state index in [2.05, 4.69) is 28.6 Å². The van der Waals surface area contributed by atoms with Gasteiger partial charge < -0.3 is 4.57 Å². The fraction of sp³-hybridized carbons (Fsp3) is 0.643. The maximum Gasteiger partial charge on any atom is 0.286 e. The third-order valence-corrected chi connectivity index (χ3v) is 4.18. The molecule has 0 saturated heterocycles. The van der Waals surface area contributed by atoms with Crippen molar-refractivity contribution in [1.29, 1.82) is 0 Å². The van der Waals surface area contributed by atoms with E-state index in [1.165, 1.54) is 42.5 Å². The first-order chi connectivity index (χ1) is 10.1. The highest BCUT2D eigenvalue weighted by Gasteiger charge is 2.11. The van der Waals surface area contributed by atoms with Crippen molar-refractivity contribution in [3.05, 3.63) is 37.2 Å². The summed E-state index contributed by atoms with van der Waals surface area (Å²) in [4.78, 5) is 22.2. The molecule has 0 N–H and O–H groups in total. The number of aromatic nitrogens is 1. The molecule has 0 spiro atoms. The van der Waals surface area contributed by atoms with Gasteiger partial charge in [0.15, 0.2) is 0 Å². The van der Waals surface area contributed by atoms with Gasteiger partial charge in [-0.3, -0.25) is 14.9 Å². The van der Waals surface area contributed by atoms with Crippen molar-refractivity contribution in [3.8, 4) is 0 Å². The zero-order chi connectivity index (χ0) is 15.7. The van der Waals surface area contributed by atoms with E-state index in [9.17, 15) is 14.9 Å². The van der Waals surface area contributed by atoms with Crippen molar-refractivity contribution in [2.75, 3.05) is 5.75 Å². The van der Waals surface area contributed by atoms with Gasteiger partial charge in [-0.25, -0.2) is 0 Å². The summed E-state index contributed by atoms with van der Waals surface area (Å²) in [6, 6.07) is 1.25. The van der Waals surface area contributed by atoms with Gasteiger partial charge in [0.05, 0.1) is 15.6 Å². The minimum absolute atomic E-state index is 0.0618. The van der Waals surface area contributed by atoms with Gasteiger partial charge >= 0.3 is 0 Å². The second kappa shape index (κ2) is 10.00. The number of hydrogen-bond donors (Lipinski definition) is 1. The van der Waals surface area contributed by atoms with Gasteiger partial charge in [0.1, 0.15) is 0 Å². The van der Waals surface area contributed by atoms with E-state index in [-0.39, 0.29) is 15.7 Å². The topological polar surface area (TPSA) is 65.1 Å². The van der Waals surface area contributed by atoms with Crippen molar-refractivity contribution < 1.29 is 4.92 Å². The van der Waals surface area contributed by atoms with Gasteiger partial charge in [-0.15, -0.1) is 0 Å². The molecule has 5 nitrogen and oxygen atoms in total. The Bertz CT molecular complexity index is 519. The molecule has 1 aromatic heterocycles. The normalized spacial score (nSPS) is 10.8. The molecule has 7 heteroatoms. The lowest BCUT2D eigenvalue weighted by Gasteiger charge is -2.06. The van der Waals surface area contributed by atoms with Gasteiger partial charge in [-0.05, 0) is 34.5 Å². The fourth-order valence-electron chi connectivity index (χ4n) is 2.13. The van der Waals surface area contributed by atoms with Gasteiger partial charge in [-0.1, -0.05) is 32.1 Å². The van der Waals surface area contributed by atoms with Crippen molar-refractivity contribution >= 4 is 34.2 Å². The van der Waals surface area contributed by atoms with Crippen LogP contribution >= 0.6 is 28.6 Å². The molecule has 1 heterocycles. The highest BCUT2D eigenvalue weighted by Crippen LogP contribution is 2.15. The van der Waals surface area contributed by atoms with Crippen molar-refractivity contribution in [3.63, 3.8) is 0 Å². The summed E-state index contributed by atoms with van der Waals surface area (Å²) in [6.45, 7) is 0.524. The largest absolute Gasteiger partial charge is 0.308 e. The number of aryl methyl sites for hydroxylation is 1. The molecule has 118 valence electrons. The minimum Gasteiger partial charge on any atom is -0.308 e. The number of thiol groups is 1. The molecule has 0 aliphatic carbocycles. The van der Waals surface area contributed by atoms with E-state index in [4.69, 9.17) is 0 Å². The van der Waals surface area contributed by atoms with Crippen LogP contribution in [-0.2, 0) is 6.54 Å². The SMILES string of the molecule is O=c1c(Br)cc([N+](=O)[O-])cn1CCCCCCCCCS. The number of pyridine rings is 1. The van der Waals surface area contributed by atoms with Crippen LogP contribution in [0.15, 0.2) is 21.5 Å². The van der Waals surface area contributed by atoms with Crippen LogP contribution in [0.25, 0.3) is 0 Å². The summed E-state index contributed by atoms with van der Waals surface area (Å²) in [5.41, 5.74) is -0.275. The predicted octanol–water partition coefficient (Wildman–Crippen LogP) is 4.18. The third kappa shape index (κ3) is 6.65. The number of hydrogen-bond acceptors (Lipinski definition) is 4. The second-order valence-electron chi connectivity index (χ2n) is 5.00. The summed E-state index contributed by atoms with van der Waals surface area (Å²) >= 11 is 7.25. The van der Waals surface area contributed by atoms with Crippen molar-refractivity contribution in [2.45, 2.75) is 51.5 Å². The number of halogens is 1. The Hall–Kier alpha value is -0.820. The van der Waals surface area contributed by atoms with Crippen LogP contribution in [0, 0.1) is 10.1 Å². The van der Waals surface area contributed by atoms with Crippen LogP contribution in [0.3, 0.4) is 0 Å². The van der Waals surface area contributed by atoms with Crippen LogP contribution in [0.1, 0.15) is 44.9 Å². The Morgan fingerprint density at radius 1 is 1.14 bits per heavy atom. The lowest BCUT2D eigenvalue weighted by Crippen LogP contribution is -2.20. The van der Waals surface area contributed by atoms with Gasteiger partial charge in [0.2, 0.25) is 0 Å². The summed E-state index contributed by atoms with van der Waals surface area (Å²) in [6.07, 6.45) is 9.16. The minimum atomic E-state index is -0.484. The Labute approximate surface area is 138 Å².